The molecule has 8 heteroatoms. The highest BCUT2D eigenvalue weighted by Gasteiger charge is 2.27. The molecule has 0 spiro atoms. The summed E-state index contributed by atoms with van der Waals surface area (Å²) in [6.45, 7) is 0.767. The lowest BCUT2D eigenvalue weighted by Gasteiger charge is -2.32. The number of aromatic hydroxyl groups is 2. The first-order valence-corrected chi connectivity index (χ1v) is 5.93. The maximum absolute atomic E-state index is 12.3. The van der Waals surface area contributed by atoms with Crippen molar-refractivity contribution >= 4 is 11.7 Å². The number of phenols is 2. The fourth-order valence-electron chi connectivity index (χ4n) is 1.92. The first-order chi connectivity index (χ1) is 9.52. The Balaban J connectivity index is 2.14. The third kappa shape index (κ3) is 2.75. The van der Waals surface area contributed by atoms with Crippen LogP contribution in [0.4, 0.5) is 0 Å². The number of carbonyl (C=O) groups is 1. The molecule has 8 nitrogen and oxygen atoms in total. The van der Waals surface area contributed by atoms with Gasteiger partial charge in [0.25, 0.3) is 5.91 Å². The molecule has 1 atom stereocenters. The smallest absolute Gasteiger partial charge is 0.254 e. The van der Waals surface area contributed by atoms with E-state index in [1.807, 2.05) is 0 Å². The molecule has 0 aliphatic carbocycles. The summed E-state index contributed by atoms with van der Waals surface area (Å²) in [5.41, 5.74) is 5.69. The highest BCUT2D eigenvalue weighted by atomic mass is 16.5. The third-order valence-electron chi connectivity index (χ3n) is 3.02. The zero-order chi connectivity index (χ0) is 14.7. The average molecular weight is 281 g/mol. The van der Waals surface area contributed by atoms with Crippen LogP contribution in [-0.4, -0.2) is 57.9 Å². The number of amidine groups is 1. The maximum Gasteiger partial charge on any atom is 0.254 e. The van der Waals surface area contributed by atoms with Crippen LogP contribution in [0.1, 0.15) is 10.4 Å². The van der Waals surface area contributed by atoms with Gasteiger partial charge in [0.05, 0.1) is 13.2 Å². The van der Waals surface area contributed by atoms with Crippen molar-refractivity contribution in [1.29, 1.82) is 0 Å². The minimum atomic E-state index is -0.664. The van der Waals surface area contributed by atoms with Gasteiger partial charge in [-0.1, -0.05) is 5.16 Å². The lowest BCUT2D eigenvalue weighted by Crippen LogP contribution is -2.50. The van der Waals surface area contributed by atoms with Crippen molar-refractivity contribution in [3.63, 3.8) is 0 Å². The number of rotatable bonds is 2. The predicted molar refractivity (Wildman–Crippen MR) is 68.8 cm³/mol. The van der Waals surface area contributed by atoms with E-state index in [1.54, 1.807) is 0 Å². The first-order valence-electron chi connectivity index (χ1n) is 5.93. The molecule has 1 unspecified atom stereocenters. The van der Waals surface area contributed by atoms with Gasteiger partial charge in [0.15, 0.2) is 17.3 Å². The van der Waals surface area contributed by atoms with Gasteiger partial charge in [-0.2, -0.15) is 0 Å². The molecular formula is C12H15N3O5. The summed E-state index contributed by atoms with van der Waals surface area (Å²) in [4.78, 5) is 13.7. The van der Waals surface area contributed by atoms with Crippen molar-refractivity contribution in [3.8, 4) is 11.5 Å². The molecule has 20 heavy (non-hydrogen) atoms. The van der Waals surface area contributed by atoms with Gasteiger partial charge in [-0.3, -0.25) is 4.79 Å². The molecule has 2 rings (SSSR count). The lowest BCUT2D eigenvalue weighted by atomic mass is 10.1. The zero-order valence-electron chi connectivity index (χ0n) is 10.6. The molecule has 0 radical (unpaired) electrons. The van der Waals surface area contributed by atoms with Crippen molar-refractivity contribution < 1.29 is 25.0 Å². The molecule has 5 N–H and O–H groups in total. The molecule has 1 aromatic rings. The average Bonchev–Trinajstić information content (AvgIpc) is 2.48. The van der Waals surface area contributed by atoms with E-state index in [0.717, 1.165) is 0 Å². The number of hydrogen-bond acceptors (Lipinski definition) is 6. The van der Waals surface area contributed by atoms with Crippen LogP contribution in [0, 0.1) is 0 Å². The predicted octanol–water partition coefficient (Wildman–Crippen LogP) is -0.315. The second kappa shape index (κ2) is 5.66. The van der Waals surface area contributed by atoms with Gasteiger partial charge in [0.2, 0.25) is 0 Å². The lowest BCUT2D eigenvalue weighted by molar-refractivity contribution is 0.00674. The number of nitrogens with zero attached hydrogens (tertiary/aromatic N) is 2. The highest BCUT2D eigenvalue weighted by Crippen LogP contribution is 2.25. The molecule has 0 bridgehead atoms. The fraction of sp³-hybridized carbons (Fsp3) is 0.333. The van der Waals surface area contributed by atoms with Crippen LogP contribution < -0.4 is 5.73 Å². The Morgan fingerprint density at radius 1 is 1.40 bits per heavy atom. The Labute approximate surface area is 114 Å². The van der Waals surface area contributed by atoms with Crippen LogP contribution in [0.25, 0.3) is 0 Å². The number of ether oxygens (including phenoxy) is 1. The van der Waals surface area contributed by atoms with E-state index in [2.05, 4.69) is 5.16 Å². The number of hydrogen-bond donors (Lipinski definition) is 4. The SMILES string of the molecule is N/C(=N/O)C1CN(C(=O)c2ccc(O)c(O)c2)CCO1. The summed E-state index contributed by atoms with van der Waals surface area (Å²) in [6, 6.07) is 3.83. The quantitative estimate of drug-likeness (QED) is 0.193. The summed E-state index contributed by atoms with van der Waals surface area (Å²) in [5, 5.41) is 30.1. The van der Waals surface area contributed by atoms with E-state index in [-0.39, 0.29) is 42.0 Å². The zero-order valence-corrected chi connectivity index (χ0v) is 10.6. The van der Waals surface area contributed by atoms with Gasteiger partial charge in [0, 0.05) is 12.1 Å². The molecule has 1 saturated heterocycles. The number of phenolic OH excluding ortho intramolecular Hbond substituents is 2. The minimum Gasteiger partial charge on any atom is -0.504 e. The number of benzene rings is 1. The molecule has 108 valence electrons. The summed E-state index contributed by atoms with van der Waals surface area (Å²) in [5.74, 6) is -1.09. The largest absolute Gasteiger partial charge is 0.504 e. The summed E-state index contributed by atoms with van der Waals surface area (Å²) in [6.07, 6.45) is -0.664. The van der Waals surface area contributed by atoms with Crippen LogP contribution in [0.3, 0.4) is 0 Å². The Morgan fingerprint density at radius 3 is 2.80 bits per heavy atom. The van der Waals surface area contributed by atoms with Gasteiger partial charge in [-0.25, -0.2) is 0 Å². The molecule has 1 aromatic carbocycles. The van der Waals surface area contributed by atoms with Crippen molar-refractivity contribution in [2.45, 2.75) is 6.10 Å². The molecule has 1 fully saturated rings. The van der Waals surface area contributed by atoms with Gasteiger partial charge >= 0.3 is 0 Å². The Kier molecular flexibility index (Phi) is 3.94. The number of carbonyl (C=O) groups excluding carboxylic acids is 1. The summed E-state index contributed by atoms with van der Waals surface area (Å²) >= 11 is 0. The van der Waals surface area contributed by atoms with Crippen LogP contribution in [-0.2, 0) is 4.74 Å². The van der Waals surface area contributed by atoms with Gasteiger partial charge < -0.3 is 30.8 Å². The first kappa shape index (κ1) is 13.9. The number of oxime groups is 1. The fourth-order valence-corrected chi connectivity index (χ4v) is 1.92. The van der Waals surface area contributed by atoms with Gasteiger partial charge in [-0.05, 0) is 18.2 Å². The topological polar surface area (TPSA) is 129 Å². The molecule has 1 aliphatic rings. The molecular weight excluding hydrogens is 266 g/mol. The molecule has 1 amide bonds. The number of morpholine rings is 1. The van der Waals surface area contributed by atoms with Crippen molar-refractivity contribution in [2.24, 2.45) is 10.9 Å². The van der Waals surface area contributed by atoms with Gasteiger partial charge in [-0.15, -0.1) is 0 Å². The van der Waals surface area contributed by atoms with E-state index in [4.69, 9.17) is 15.7 Å². The second-order valence-electron chi connectivity index (χ2n) is 4.34. The van der Waals surface area contributed by atoms with Crippen molar-refractivity contribution in [1.82, 2.24) is 4.90 Å². The number of nitrogens with two attached hydrogens (primary N) is 1. The number of amides is 1. The minimum absolute atomic E-state index is 0.101. The van der Waals surface area contributed by atoms with E-state index in [9.17, 15) is 15.0 Å². The highest BCUT2D eigenvalue weighted by molar-refractivity contribution is 5.95. The van der Waals surface area contributed by atoms with Crippen LogP contribution in [0.2, 0.25) is 0 Å². The summed E-state index contributed by atoms with van der Waals surface area (Å²) in [7, 11) is 0. The second-order valence-corrected chi connectivity index (χ2v) is 4.34. The monoisotopic (exact) mass is 281 g/mol. The molecule has 0 aromatic heterocycles. The van der Waals surface area contributed by atoms with Crippen LogP contribution in [0.15, 0.2) is 23.4 Å². The van der Waals surface area contributed by atoms with E-state index >= 15 is 0 Å². The normalized spacial score (nSPS) is 19.9. The van der Waals surface area contributed by atoms with Crippen LogP contribution >= 0.6 is 0 Å². The Bertz CT molecular complexity index is 546. The Morgan fingerprint density at radius 2 is 2.15 bits per heavy atom. The van der Waals surface area contributed by atoms with Crippen molar-refractivity contribution in [2.75, 3.05) is 19.7 Å². The maximum atomic E-state index is 12.3. The van der Waals surface area contributed by atoms with Gasteiger partial charge in [0.1, 0.15) is 6.10 Å². The molecule has 1 heterocycles. The van der Waals surface area contributed by atoms with Crippen molar-refractivity contribution in [3.05, 3.63) is 23.8 Å². The molecule has 0 saturated carbocycles. The third-order valence-corrected chi connectivity index (χ3v) is 3.02. The summed E-state index contributed by atoms with van der Waals surface area (Å²) < 4.78 is 5.29. The van der Waals surface area contributed by atoms with E-state index in [0.29, 0.717) is 6.54 Å². The molecule has 1 aliphatic heterocycles. The van der Waals surface area contributed by atoms with E-state index in [1.165, 1.54) is 23.1 Å². The van der Waals surface area contributed by atoms with E-state index < -0.39 is 6.10 Å². The Hall–Kier alpha value is -2.48. The van der Waals surface area contributed by atoms with Crippen LogP contribution in [0.5, 0.6) is 11.5 Å². The standard InChI is InChI=1S/C12H15N3O5/c13-11(14-19)10-6-15(3-4-20-10)12(18)7-1-2-8(16)9(17)5-7/h1-2,5,10,16-17,19H,3-4,6H2,(H2,13,14).